The van der Waals surface area contributed by atoms with Gasteiger partial charge in [0.05, 0.1) is 19.1 Å². The zero-order valence-corrected chi connectivity index (χ0v) is 14.8. The van der Waals surface area contributed by atoms with E-state index < -0.39 is 17.8 Å². The highest BCUT2D eigenvalue weighted by Crippen LogP contribution is 2.42. The first-order chi connectivity index (χ1) is 12.5. The van der Waals surface area contributed by atoms with Crippen LogP contribution < -0.4 is 0 Å². The van der Waals surface area contributed by atoms with Gasteiger partial charge in [0, 0.05) is 6.54 Å². The summed E-state index contributed by atoms with van der Waals surface area (Å²) in [6.45, 7) is 1.61. The molecule has 5 heteroatoms. The van der Waals surface area contributed by atoms with E-state index in [1.54, 1.807) is 4.90 Å². The smallest absolute Gasteiger partial charge is 0.314 e. The molecule has 0 bridgehead atoms. The third kappa shape index (κ3) is 3.25. The van der Waals surface area contributed by atoms with E-state index in [-0.39, 0.29) is 24.3 Å². The Labute approximate surface area is 152 Å². The van der Waals surface area contributed by atoms with Crippen molar-refractivity contribution in [3.63, 3.8) is 0 Å². The lowest BCUT2D eigenvalue weighted by Gasteiger charge is -2.47. The van der Waals surface area contributed by atoms with Gasteiger partial charge in [-0.25, -0.2) is 0 Å². The number of esters is 1. The standard InChI is InChI=1S/C21H21NO4/c1-14(23)18-19(16-11-7-4-8-12-16)22(20(18)24)13-17(21(25)26-2)15-9-5-3-6-10-15/h3-12,17-19H,13H2,1-2H3/t17?,18-,19-/m1/s1. The lowest BCUT2D eigenvalue weighted by atomic mass is 9.79. The maximum atomic E-state index is 12.6. The van der Waals surface area contributed by atoms with E-state index in [1.807, 2.05) is 60.7 Å². The second kappa shape index (κ2) is 7.52. The molecule has 26 heavy (non-hydrogen) atoms. The first-order valence-corrected chi connectivity index (χ1v) is 8.53. The minimum Gasteiger partial charge on any atom is -0.468 e. The van der Waals surface area contributed by atoms with Crippen LogP contribution in [0.5, 0.6) is 0 Å². The Morgan fingerprint density at radius 1 is 1.04 bits per heavy atom. The van der Waals surface area contributed by atoms with Gasteiger partial charge in [0.15, 0.2) is 0 Å². The zero-order chi connectivity index (χ0) is 18.7. The SMILES string of the molecule is COC(=O)C(CN1C(=O)[C@H](C(C)=O)[C@H]1c1ccccc1)c1ccccc1. The summed E-state index contributed by atoms with van der Waals surface area (Å²) in [6, 6.07) is 18.3. The Balaban J connectivity index is 1.91. The van der Waals surface area contributed by atoms with Crippen LogP contribution in [0.1, 0.15) is 30.0 Å². The summed E-state index contributed by atoms with van der Waals surface area (Å²) in [5.74, 6) is -2.08. The number of ketones is 1. The maximum Gasteiger partial charge on any atom is 0.314 e. The van der Waals surface area contributed by atoms with Crippen molar-refractivity contribution in [3.05, 3.63) is 71.8 Å². The Morgan fingerprint density at radius 3 is 2.15 bits per heavy atom. The summed E-state index contributed by atoms with van der Waals surface area (Å²) in [5.41, 5.74) is 1.68. The number of carbonyl (C=O) groups is 3. The molecule has 134 valence electrons. The number of methoxy groups -OCH3 is 1. The molecule has 1 unspecified atom stereocenters. The molecule has 1 heterocycles. The van der Waals surface area contributed by atoms with Crippen LogP contribution in [0.2, 0.25) is 0 Å². The van der Waals surface area contributed by atoms with E-state index in [9.17, 15) is 14.4 Å². The van der Waals surface area contributed by atoms with Gasteiger partial charge in [-0.15, -0.1) is 0 Å². The van der Waals surface area contributed by atoms with Gasteiger partial charge in [0.1, 0.15) is 11.7 Å². The molecule has 3 atom stereocenters. The van der Waals surface area contributed by atoms with Crippen LogP contribution in [0.15, 0.2) is 60.7 Å². The van der Waals surface area contributed by atoms with Crippen LogP contribution in [-0.2, 0) is 19.1 Å². The number of ether oxygens (including phenoxy) is 1. The molecule has 0 spiro atoms. The van der Waals surface area contributed by atoms with E-state index >= 15 is 0 Å². The molecule has 0 saturated carbocycles. The Hall–Kier alpha value is -2.95. The fourth-order valence-corrected chi connectivity index (χ4v) is 3.51. The summed E-state index contributed by atoms with van der Waals surface area (Å²) in [6.07, 6.45) is 0. The molecule has 0 radical (unpaired) electrons. The van der Waals surface area contributed by atoms with Crippen molar-refractivity contribution in [3.8, 4) is 0 Å². The normalized spacial score (nSPS) is 20.2. The highest BCUT2D eigenvalue weighted by Gasteiger charge is 2.51. The van der Waals surface area contributed by atoms with Gasteiger partial charge in [-0.2, -0.15) is 0 Å². The Morgan fingerprint density at radius 2 is 1.62 bits per heavy atom. The van der Waals surface area contributed by atoms with Crippen molar-refractivity contribution < 1.29 is 19.1 Å². The molecule has 5 nitrogen and oxygen atoms in total. The Bertz CT molecular complexity index is 803. The monoisotopic (exact) mass is 351 g/mol. The molecule has 2 aromatic carbocycles. The molecular formula is C21H21NO4. The molecule has 2 aromatic rings. The number of nitrogens with zero attached hydrogens (tertiary/aromatic N) is 1. The van der Waals surface area contributed by atoms with Gasteiger partial charge in [-0.1, -0.05) is 60.7 Å². The molecule has 1 aliphatic heterocycles. The van der Waals surface area contributed by atoms with E-state index in [0.717, 1.165) is 11.1 Å². The van der Waals surface area contributed by atoms with Gasteiger partial charge < -0.3 is 9.64 Å². The summed E-state index contributed by atoms with van der Waals surface area (Å²) in [5, 5.41) is 0. The van der Waals surface area contributed by atoms with E-state index in [0.29, 0.717) is 0 Å². The van der Waals surface area contributed by atoms with Crippen LogP contribution in [-0.4, -0.2) is 36.2 Å². The summed E-state index contributed by atoms with van der Waals surface area (Å²) >= 11 is 0. The third-order valence-corrected chi connectivity index (χ3v) is 4.85. The first kappa shape index (κ1) is 17.9. The average molecular weight is 351 g/mol. The fourth-order valence-electron chi connectivity index (χ4n) is 3.51. The van der Waals surface area contributed by atoms with Crippen LogP contribution in [0.25, 0.3) is 0 Å². The van der Waals surface area contributed by atoms with E-state index in [1.165, 1.54) is 14.0 Å². The number of hydrogen-bond donors (Lipinski definition) is 0. The topological polar surface area (TPSA) is 63.7 Å². The van der Waals surface area contributed by atoms with Crippen LogP contribution >= 0.6 is 0 Å². The van der Waals surface area contributed by atoms with Crippen molar-refractivity contribution in [1.29, 1.82) is 0 Å². The van der Waals surface area contributed by atoms with Crippen molar-refractivity contribution in [2.24, 2.45) is 5.92 Å². The second-order valence-electron chi connectivity index (χ2n) is 6.42. The quantitative estimate of drug-likeness (QED) is 0.456. The lowest BCUT2D eigenvalue weighted by molar-refractivity contribution is -0.163. The van der Waals surface area contributed by atoms with Crippen LogP contribution in [0.3, 0.4) is 0 Å². The van der Waals surface area contributed by atoms with E-state index in [2.05, 4.69) is 0 Å². The van der Waals surface area contributed by atoms with Crippen molar-refractivity contribution >= 4 is 17.7 Å². The molecule has 0 N–H and O–H groups in total. The predicted molar refractivity (Wildman–Crippen MR) is 96.3 cm³/mol. The van der Waals surface area contributed by atoms with Gasteiger partial charge in [-0.3, -0.25) is 14.4 Å². The average Bonchev–Trinajstić information content (AvgIpc) is 2.66. The van der Waals surface area contributed by atoms with Crippen molar-refractivity contribution in [2.75, 3.05) is 13.7 Å². The largest absolute Gasteiger partial charge is 0.468 e. The van der Waals surface area contributed by atoms with Gasteiger partial charge in [0.25, 0.3) is 0 Å². The third-order valence-electron chi connectivity index (χ3n) is 4.85. The highest BCUT2D eigenvalue weighted by atomic mass is 16.5. The number of carbonyl (C=O) groups excluding carboxylic acids is 3. The Kier molecular flexibility index (Phi) is 5.16. The predicted octanol–water partition coefficient (Wildman–Crippen LogP) is 2.73. The van der Waals surface area contributed by atoms with Gasteiger partial charge in [-0.05, 0) is 18.1 Å². The number of benzene rings is 2. The minimum absolute atomic E-state index is 0.158. The van der Waals surface area contributed by atoms with Crippen LogP contribution in [0.4, 0.5) is 0 Å². The zero-order valence-electron chi connectivity index (χ0n) is 14.8. The number of β-lactam (4-membered cyclic amide) rings is 1. The highest BCUT2D eigenvalue weighted by molar-refractivity contribution is 6.06. The molecule has 0 aromatic heterocycles. The number of amides is 1. The summed E-state index contributed by atoms with van der Waals surface area (Å²) in [7, 11) is 1.34. The first-order valence-electron chi connectivity index (χ1n) is 8.53. The van der Waals surface area contributed by atoms with Crippen LogP contribution in [0, 0.1) is 5.92 Å². The van der Waals surface area contributed by atoms with Crippen molar-refractivity contribution in [2.45, 2.75) is 18.9 Å². The summed E-state index contributed by atoms with van der Waals surface area (Å²) in [4.78, 5) is 38.5. The lowest BCUT2D eigenvalue weighted by Crippen LogP contribution is -2.58. The number of Topliss-reactive ketones (excluding diaryl/α,β-unsaturated/α-hetero) is 1. The molecular weight excluding hydrogens is 330 g/mol. The molecule has 1 aliphatic rings. The minimum atomic E-state index is -0.688. The van der Waals surface area contributed by atoms with E-state index in [4.69, 9.17) is 4.74 Å². The summed E-state index contributed by atoms with van der Waals surface area (Å²) < 4.78 is 4.94. The molecule has 0 aliphatic carbocycles. The molecule has 1 saturated heterocycles. The number of hydrogen-bond acceptors (Lipinski definition) is 4. The van der Waals surface area contributed by atoms with Gasteiger partial charge in [0.2, 0.25) is 5.91 Å². The number of likely N-dealkylation sites (tertiary alicyclic amines) is 1. The molecule has 1 fully saturated rings. The number of rotatable bonds is 6. The maximum absolute atomic E-state index is 12.6. The second-order valence-corrected chi connectivity index (χ2v) is 6.42. The molecule has 1 amide bonds. The van der Waals surface area contributed by atoms with Gasteiger partial charge >= 0.3 is 5.97 Å². The molecule has 3 rings (SSSR count). The van der Waals surface area contributed by atoms with Crippen molar-refractivity contribution in [1.82, 2.24) is 4.90 Å². The fraction of sp³-hybridized carbons (Fsp3) is 0.286.